The summed E-state index contributed by atoms with van der Waals surface area (Å²) >= 11 is 0. The smallest absolute Gasteiger partial charge is 0.253 e. The van der Waals surface area contributed by atoms with Gasteiger partial charge in [0.1, 0.15) is 5.78 Å². The molecule has 0 aliphatic carbocycles. The minimum Gasteiger partial charge on any atom is -0.379 e. The molecule has 0 saturated heterocycles. The highest BCUT2D eigenvalue weighted by Gasteiger charge is 2.23. The zero-order valence-corrected chi connectivity index (χ0v) is 19.7. The first-order valence-corrected chi connectivity index (χ1v) is 11.3. The predicted octanol–water partition coefficient (Wildman–Crippen LogP) is -1.03. The lowest BCUT2D eigenvalue weighted by Crippen LogP contribution is -2.35. The third-order valence-corrected chi connectivity index (χ3v) is 4.42. The number of hydrogen-bond donors (Lipinski definition) is 2. The minimum absolute atomic E-state index is 0.0348. The Hall–Kier alpha value is -2.67. The van der Waals surface area contributed by atoms with Crippen molar-refractivity contribution in [1.29, 1.82) is 0 Å². The Balaban J connectivity index is 1.81. The number of ether oxygens (including phenoxy) is 4. The van der Waals surface area contributed by atoms with Crippen LogP contribution in [0.5, 0.6) is 0 Å². The van der Waals surface area contributed by atoms with Gasteiger partial charge in [0.2, 0.25) is 11.8 Å². The van der Waals surface area contributed by atoms with Crippen LogP contribution in [0.2, 0.25) is 0 Å². The van der Waals surface area contributed by atoms with Gasteiger partial charge >= 0.3 is 0 Å². The van der Waals surface area contributed by atoms with E-state index in [1.807, 2.05) is 0 Å². The van der Waals surface area contributed by atoms with Crippen LogP contribution in [0.15, 0.2) is 12.2 Å². The van der Waals surface area contributed by atoms with Gasteiger partial charge in [0.05, 0.1) is 52.9 Å². The molecule has 0 aromatic rings. The summed E-state index contributed by atoms with van der Waals surface area (Å²) < 4.78 is 21.2. The summed E-state index contributed by atoms with van der Waals surface area (Å²) in [5.74, 6) is -1.15. The summed E-state index contributed by atoms with van der Waals surface area (Å²) in [6, 6.07) is 0. The molecule has 192 valence electrons. The van der Waals surface area contributed by atoms with Crippen molar-refractivity contribution in [3.05, 3.63) is 12.2 Å². The fourth-order valence-electron chi connectivity index (χ4n) is 2.59. The quantitative estimate of drug-likeness (QED) is 0.154. The Morgan fingerprint density at radius 2 is 1.12 bits per heavy atom. The van der Waals surface area contributed by atoms with E-state index in [9.17, 15) is 24.0 Å². The number of hydrogen-bond acceptors (Lipinski definition) is 9. The highest BCUT2D eigenvalue weighted by molar-refractivity contribution is 6.13. The number of Topliss-reactive ketones (excluding diaryl/α,β-unsaturated/α-hetero) is 1. The molecular formula is C22H35N3O9. The van der Waals surface area contributed by atoms with Crippen LogP contribution in [-0.2, 0) is 42.9 Å². The molecule has 2 N–H and O–H groups in total. The molecule has 0 unspecified atom stereocenters. The zero-order chi connectivity index (χ0) is 25.0. The largest absolute Gasteiger partial charge is 0.379 e. The van der Waals surface area contributed by atoms with Gasteiger partial charge in [-0.3, -0.25) is 28.9 Å². The van der Waals surface area contributed by atoms with Crippen molar-refractivity contribution in [2.24, 2.45) is 0 Å². The molecule has 1 aliphatic heterocycles. The number of nitrogens with zero attached hydrogens (tertiary/aromatic N) is 1. The molecule has 12 heteroatoms. The topological polar surface area (TPSA) is 150 Å². The second kappa shape index (κ2) is 18.7. The van der Waals surface area contributed by atoms with Gasteiger partial charge in [-0.15, -0.1) is 0 Å². The van der Waals surface area contributed by atoms with Gasteiger partial charge in [-0.1, -0.05) is 0 Å². The summed E-state index contributed by atoms with van der Waals surface area (Å²) in [4.78, 5) is 57.9. The molecule has 12 nitrogen and oxygen atoms in total. The number of carbonyl (C=O) groups excluding carboxylic acids is 5. The lowest BCUT2D eigenvalue weighted by atomic mass is 10.3. The zero-order valence-electron chi connectivity index (χ0n) is 19.7. The number of rotatable bonds is 21. The lowest BCUT2D eigenvalue weighted by Gasteiger charge is -2.13. The highest BCUT2D eigenvalue weighted by atomic mass is 16.5. The molecular weight excluding hydrogens is 450 g/mol. The van der Waals surface area contributed by atoms with Crippen molar-refractivity contribution in [2.45, 2.75) is 26.2 Å². The third kappa shape index (κ3) is 15.2. The molecule has 0 aromatic heterocycles. The van der Waals surface area contributed by atoms with Gasteiger partial charge in [-0.2, -0.15) is 0 Å². The van der Waals surface area contributed by atoms with Crippen molar-refractivity contribution in [1.82, 2.24) is 15.5 Å². The second-order valence-corrected chi connectivity index (χ2v) is 7.26. The van der Waals surface area contributed by atoms with Crippen LogP contribution in [0.3, 0.4) is 0 Å². The van der Waals surface area contributed by atoms with E-state index in [-0.39, 0.29) is 43.6 Å². The van der Waals surface area contributed by atoms with Gasteiger partial charge in [0, 0.05) is 51.0 Å². The molecule has 0 fully saturated rings. The average Bonchev–Trinajstić information content (AvgIpc) is 3.12. The van der Waals surface area contributed by atoms with Crippen LogP contribution in [0.4, 0.5) is 0 Å². The minimum atomic E-state index is -0.409. The predicted molar refractivity (Wildman–Crippen MR) is 120 cm³/mol. The number of imide groups is 1. The van der Waals surface area contributed by atoms with E-state index in [4.69, 9.17) is 18.9 Å². The summed E-state index contributed by atoms with van der Waals surface area (Å²) in [6.07, 6.45) is 3.02. The standard InChI is InChI=1S/C22H35N3O9/c1-18(26)5-10-31-14-16-34-13-8-24-20(28)6-11-32-15-17-33-12-7-23-19(27)4-9-25-21(29)2-3-22(25)30/h2-3H,4-17H2,1H3,(H,23,27)(H,24,28). The van der Waals surface area contributed by atoms with E-state index in [2.05, 4.69) is 10.6 Å². The van der Waals surface area contributed by atoms with Crippen LogP contribution >= 0.6 is 0 Å². The first kappa shape index (κ1) is 29.4. The molecule has 0 aromatic carbocycles. The molecule has 0 spiro atoms. The second-order valence-electron chi connectivity index (χ2n) is 7.26. The van der Waals surface area contributed by atoms with Crippen molar-refractivity contribution < 1.29 is 42.9 Å². The average molecular weight is 486 g/mol. The Labute approximate surface area is 199 Å². The van der Waals surface area contributed by atoms with Gasteiger partial charge in [0.25, 0.3) is 11.8 Å². The first-order chi connectivity index (χ1) is 16.4. The summed E-state index contributed by atoms with van der Waals surface area (Å²) in [5, 5.41) is 5.36. The van der Waals surface area contributed by atoms with Gasteiger partial charge in [-0.05, 0) is 6.92 Å². The van der Waals surface area contributed by atoms with Crippen LogP contribution in [0.25, 0.3) is 0 Å². The third-order valence-electron chi connectivity index (χ3n) is 4.42. The van der Waals surface area contributed by atoms with Crippen molar-refractivity contribution in [2.75, 3.05) is 72.5 Å². The van der Waals surface area contributed by atoms with E-state index in [0.29, 0.717) is 65.8 Å². The molecule has 0 saturated carbocycles. The number of ketones is 1. The summed E-state index contributed by atoms with van der Waals surface area (Å²) in [6.45, 7) is 5.02. The molecule has 1 heterocycles. The van der Waals surface area contributed by atoms with Crippen LogP contribution < -0.4 is 10.6 Å². The number of nitrogens with one attached hydrogen (secondary N) is 2. The number of carbonyl (C=O) groups is 5. The van der Waals surface area contributed by atoms with Crippen molar-refractivity contribution in [3.63, 3.8) is 0 Å². The van der Waals surface area contributed by atoms with E-state index in [1.54, 1.807) is 0 Å². The first-order valence-electron chi connectivity index (χ1n) is 11.3. The Kier molecular flexibility index (Phi) is 16.2. The Bertz CT molecular complexity index is 679. The summed E-state index contributed by atoms with van der Waals surface area (Å²) in [5.41, 5.74) is 0. The monoisotopic (exact) mass is 485 g/mol. The Morgan fingerprint density at radius 1 is 0.676 bits per heavy atom. The molecule has 34 heavy (non-hydrogen) atoms. The molecule has 0 radical (unpaired) electrons. The molecule has 1 rings (SSSR count). The lowest BCUT2D eigenvalue weighted by molar-refractivity contribution is -0.137. The van der Waals surface area contributed by atoms with Crippen LogP contribution in [0.1, 0.15) is 26.2 Å². The van der Waals surface area contributed by atoms with E-state index in [0.717, 1.165) is 4.90 Å². The molecule has 4 amide bonds. The maximum atomic E-state index is 11.7. The maximum Gasteiger partial charge on any atom is 0.253 e. The van der Waals surface area contributed by atoms with Crippen molar-refractivity contribution >= 4 is 29.4 Å². The van der Waals surface area contributed by atoms with E-state index in [1.165, 1.54) is 19.1 Å². The highest BCUT2D eigenvalue weighted by Crippen LogP contribution is 2.03. The fourth-order valence-corrected chi connectivity index (χ4v) is 2.59. The Morgan fingerprint density at radius 3 is 1.62 bits per heavy atom. The molecule has 0 atom stereocenters. The van der Waals surface area contributed by atoms with Crippen LogP contribution in [0, 0.1) is 0 Å². The van der Waals surface area contributed by atoms with Gasteiger partial charge < -0.3 is 29.6 Å². The van der Waals surface area contributed by atoms with Gasteiger partial charge in [-0.25, -0.2) is 0 Å². The van der Waals surface area contributed by atoms with E-state index < -0.39 is 11.8 Å². The number of amides is 4. The van der Waals surface area contributed by atoms with E-state index >= 15 is 0 Å². The maximum absolute atomic E-state index is 11.7. The summed E-state index contributed by atoms with van der Waals surface area (Å²) in [7, 11) is 0. The van der Waals surface area contributed by atoms with Crippen LogP contribution in [-0.4, -0.2) is 107 Å². The molecule has 1 aliphatic rings. The molecule has 0 bridgehead atoms. The SMILES string of the molecule is CC(=O)CCOCCOCCNC(=O)CCOCCOCCNC(=O)CCN1C(=O)C=CC1=O. The van der Waals surface area contributed by atoms with Crippen molar-refractivity contribution in [3.8, 4) is 0 Å². The fraction of sp³-hybridized carbons (Fsp3) is 0.682. The normalized spacial score (nSPS) is 12.9. The van der Waals surface area contributed by atoms with Gasteiger partial charge in [0.15, 0.2) is 0 Å².